The minimum absolute atomic E-state index is 0.0452. The number of hydrogen-bond donors (Lipinski definition) is 1. The number of aromatic nitrogens is 3. The van der Waals surface area contributed by atoms with E-state index in [-0.39, 0.29) is 18.1 Å². The summed E-state index contributed by atoms with van der Waals surface area (Å²) in [5.41, 5.74) is 1.76. The number of hydrogen-bond acceptors (Lipinski definition) is 5. The van der Waals surface area contributed by atoms with E-state index in [1.54, 1.807) is 48.3 Å². The molecule has 1 aromatic carbocycles. The van der Waals surface area contributed by atoms with Gasteiger partial charge in [0.05, 0.1) is 11.8 Å². The van der Waals surface area contributed by atoms with Crippen molar-refractivity contribution in [1.29, 1.82) is 0 Å². The predicted molar refractivity (Wildman–Crippen MR) is 111 cm³/mol. The Labute approximate surface area is 169 Å². The van der Waals surface area contributed by atoms with Gasteiger partial charge in [-0.3, -0.25) is 4.90 Å². The summed E-state index contributed by atoms with van der Waals surface area (Å²) in [6, 6.07) is 8.47. The average molecular weight is 395 g/mol. The summed E-state index contributed by atoms with van der Waals surface area (Å²) in [6.45, 7) is 7.83. The van der Waals surface area contributed by atoms with Crippen molar-refractivity contribution in [3.63, 3.8) is 0 Å². The molecular weight excluding hydrogens is 370 g/mol. The van der Waals surface area contributed by atoms with Crippen LogP contribution in [0.25, 0.3) is 11.0 Å². The van der Waals surface area contributed by atoms with E-state index in [1.165, 1.54) is 11.1 Å². The van der Waals surface area contributed by atoms with Crippen molar-refractivity contribution in [2.45, 2.75) is 39.8 Å². The first kappa shape index (κ1) is 20.3. The first-order valence-electron chi connectivity index (χ1n) is 9.46. The van der Waals surface area contributed by atoms with Gasteiger partial charge in [-0.2, -0.15) is 5.10 Å². The Hall–Kier alpha value is -3.42. The molecule has 0 atom stereocenters. The maximum absolute atomic E-state index is 12.5. The number of ether oxygens (including phenoxy) is 1. The van der Waals surface area contributed by atoms with Gasteiger partial charge in [0.2, 0.25) is 0 Å². The van der Waals surface area contributed by atoms with E-state index in [2.05, 4.69) is 15.4 Å². The molecule has 0 unspecified atom stereocenters. The minimum Gasteiger partial charge on any atom is -0.423 e. The lowest BCUT2D eigenvalue weighted by molar-refractivity contribution is 0.0734. The van der Waals surface area contributed by atoms with Crippen LogP contribution in [0.15, 0.2) is 42.7 Å². The van der Waals surface area contributed by atoms with Gasteiger partial charge < -0.3 is 10.1 Å². The fourth-order valence-corrected chi connectivity index (χ4v) is 2.79. The van der Waals surface area contributed by atoms with E-state index in [9.17, 15) is 9.59 Å². The molecule has 0 spiro atoms. The average Bonchev–Trinajstić information content (AvgIpc) is 3.11. The Morgan fingerprint density at radius 1 is 1.10 bits per heavy atom. The smallest absolute Gasteiger partial charge is 0.345 e. The number of fused-ring (bicyclic) bond motifs is 1. The molecule has 2 amide bonds. The molecule has 3 aromatic rings. The molecule has 152 valence electrons. The van der Waals surface area contributed by atoms with E-state index in [4.69, 9.17) is 4.74 Å². The number of carbonyl (C=O) groups is 2. The van der Waals surface area contributed by atoms with Crippen LogP contribution in [0.5, 0.6) is 5.75 Å². The first-order valence-corrected chi connectivity index (χ1v) is 9.46. The predicted octanol–water partition coefficient (Wildman–Crippen LogP) is 3.79. The van der Waals surface area contributed by atoms with Gasteiger partial charge >= 0.3 is 12.0 Å². The summed E-state index contributed by atoms with van der Waals surface area (Å²) < 4.78 is 7.24. The maximum Gasteiger partial charge on any atom is 0.345 e. The van der Waals surface area contributed by atoms with Crippen LogP contribution < -0.4 is 15.0 Å². The molecule has 3 rings (SSSR count). The van der Waals surface area contributed by atoms with Gasteiger partial charge in [0.15, 0.2) is 5.65 Å². The number of nitrogens with zero attached hydrogens (tertiary/aromatic N) is 4. The van der Waals surface area contributed by atoms with Crippen LogP contribution in [0.4, 0.5) is 10.5 Å². The third-order valence-electron chi connectivity index (χ3n) is 4.31. The van der Waals surface area contributed by atoms with Crippen molar-refractivity contribution >= 4 is 28.7 Å². The number of esters is 1. The van der Waals surface area contributed by atoms with Crippen LogP contribution in [0, 0.1) is 0 Å². The molecule has 0 aliphatic carbocycles. The normalized spacial score (nSPS) is 11.1. The molecule has 2 aromatic heterocycles. The Bertz CT molecular complexity index is 1020. The van der Waals surface area contributed by atoms with E-state index in [1.807, 2.05) is 27.7 Å². The molecule has 8 heteroatoms. The number of carbonyl (C=O) groups excluding carboxylic acids is 2. The van der Waals surface area contributed by atoms with Crippen molar-refractivity contribution in [3.8, 4) is 5.75 Å². The van der Waals surface area contributed by atoms with E-state index in [0.717, 1.165) is 11.0 Å². The summed E-state index contributed by atoms with van der Waals surface area (Å²) in [6.07, 6.45) is 3.18. The largest absolute Gasteiger partial charge is 0.423 e. The van der Waals surface area contributed by atoms with Crippen LogP contribution >= 0.6 is 0 Å². The third kappa shape index (κ3) is 4.53. The van der Waals surface area contributed by atoms with E-state index in [0.29, 0.717) is 17.0 Å². The van der Waals surface area contributed by atoms with Gasteiger partial charge in [0.25, 0.3) is 0 Å². The van der Waals surface area contributed by atoms with Crippen LogP contribution in [0.1, 0.15) is 44.1 Å². The second kappa shape index (κ2) is 8.30. The molecule has 2 heterocycles. The Morgan fingerprint density at radius 3 is 2.41 bits per heavy atom. The van der Waals surface area contributed by atoms with Gasteiger partial charge in [-0.05, 0) is 58.0 Å². The SMILES string of the molecule is CC(C)NC(=O)N(C)c1ccc(OC(=O)c2cnc3c(cnn3C(C)C)c2)cc1. The summed E-state index contributed by atoms with van der Waals surface area (Å²) in [7, 11) is 1.68. The summed E-state index contributed by atoms with van der Waals surface area (Å²) in [5, 5.41) is 7.90. The Balaban J connectivity index is 1.71. The van der Waals surface area contributed by atoms with Gasteiger partial charge in [0.1, 0.15) is 5.75 Å². The quantitative estimate of drug-likeness (QED) is 0.524. The van der Waals surface area contributed by atoms with Gasteiger partial charge in [0, 0.05) is 36.4 Å². The monoisotopic (exact) mass is 395 g/mol. The number of nitrogens with one attached hydrogen (secondary N) is 1. The van der Waals surface area contributed by atoms with Crippen molar-refractivity contribution in [2.24, 2.45) is 0 Å². The summed E-state index contributed by atoms with van der Waals surface area (Å²) in [4.78, 5) is 30.4. The van der Waals surface area contributed by atoms with Gasteiger partial charge in [-0.25, -0.2) is 19.3 Å². The molecular formula is C21H25N5O3. The lowest BCUT2D eigenvalue weighted by Crippen LogP contribution is -2.40. The zero-order valence-electron chi connectivity index (χ0n) is 17.2. The highest BCUT2D eigenvalue weighted by Gasteiger charge is 2.15. The van der Waals surface area contributed by atoms with Crippen molar-refractivity contribution < 1.29 is 14.3 Å². The van der Waals surface area contributed by atoms with Crippen LogP contribution in [0.3, 0.4) is 0 Å². The fraction of sp³-hybridized carbons (Fsp3) is 0.333. The zero-order chi connectivity index (χ0) is 21.1. The highest BCUT2D eigenvalue weighted by atomic mass is 16.5. The molecule has 0 fully saturated rings. The Kier molecular flexibility index (Phi) is 5.81. The molecule has 0 aliphatic rings. The molecule has 0 saturated heterocycles. The van der Waals surface area contributed by atoms with Crippen molar-refractivity contribution in [3.05, 3.63) is 48.3 Å². The third-order valence-corrected chi connectivity index (χ3v) is 4.31. The highest BCUT2D eigenvalue weighted by molar-refractivity contribution is 5.94. The van der Waals surface area contributed by atoms with Crippen LogP contribution in [-0.2, 0) is 0 Å². The van der Waals surface area contributed by atoms with Crippen molar-refractivity contribution in [1.82, 2.24) is 20.1 Å². The number of rotatable bonds is 5. The number of urea groups is 1. The number of anilines is 1. The zero-order valence-corrected chi connectivity index (χ0v) is 17.2. The summed E-state index contributed by atoms with van der Waals surface area (Å²) >= 11 is 0. The van der Waals surface area contributed by atoms with E-state index < -0.39 is 5.97 Å². The van der Waals surface area contributed by atoms with Crippen LogP contribution in [-0.4, -0.2) is 39.9 Å². The molecule has 29 heavy (non-hydrogen) atoms. The highest BCUT2D eigenvalue weighted by Crippen LogP contribution is 2.21. The first-order chi connectivity index (χ1) is 13.8. The molecule has 1 N–H and O–H groups in total. The maximum atomic E-state index is 12.5. The fourth-order valence-electron chi connectivity index (χ4n) is 2.79. The minimum atomic E-state index is -0.504. The topological polar surface area (TPSA) is 89.3 Å². The lowest BCUT2D eigenvalue weighted by atomic mass is 10.2. The Morgan fingerprint density at radius 2 is 1.79 bits per heavy atom. The summed E-state index contributed by atoms with van der Waals surface area (Å²) in [5.74, 6) is -0.121. The number of amides is 2. The van der Waals surface area contributed by atoms with Gasteiger partial charge in [-0.15, -0.1) is 0 Å². The van der Waals surface area contributed by atoms with Crippen molar-refractivity contribution in [2.75, 3.05) is 11.9 Å². The van der Waals surface area contributed by atoms with E-state index >= 15 is 0 Å². The molecule has 8 nitrogen and oxygen atoms in total. The van der Waals surface area contributed by atoms with Gasteiger partial charge in [-0.1, -0.05) is 0 Å². The molecule has 0 saturated carbocycles. The molecule has 0 aliphatic heterocycles. The second-order valence-electron chi connectivity index (χ2n) is 7.37. The molecule has 0 bridgehead atoms. The second-order valence-corrected chi connectivity index (χ2v) is 7.37. The lowest BCUT2D eigenvalue weighted by Gasteiger charge is -2.20. The molecule has 0 radical (unpaired) electrons. The standard InChI is InChI=1S/C21H25N5O3/c1-13(2)24-21(28)25(5)17-6-8-18(9-7-17)29-20(27)16-10-15-12-23-26(14(3)4)19(15)22-11-16/h6-14H,1-5H3,(H,24,28). The number of pyridine rings is 1. The van der Waals surface area contributed by atoms with Crippen LogP contribution in [0.2, 0.25) is 0 Å². The number of benzene rings is 1.